The normalized spacial score (nSPS) is 13.5. The number of hydrogen-bond acceptors (Lipinski definition) is 0. The van der Waals surface area contributed by atoms with Crippen LogP contribution in [0.25, 0.3) is 0 Å². The molecule has 0 bridgehead atoms. The second-order valence-electron chi connectivity index (χ2n) is 2.91. The van der Waals surface area contributed by atoms with Crippen LogP contribution >= 0.6 is 0 Å². The topological polar surface area (TPSA) is 0 Å². The van der Waals surface area contributed by atoms with Gasteiger partial charge < -0.3 is 0 Å². The molecular weight excluding hydrogens is 144 g/mol. The van der Waals surface area contributed by atoms with Crippen LogP contribution in [-0.4, -0.2) is 0 Å². The Hall–Kier alpha value is -1.04. The molecule has 0 nitrogen and oxygen atoms in total. The Labute approximate surface area is 74.9 Å². The second kappa shape index (κ2) is 4.76. The van der Waals surface area contributed by atoms with Crippen molar-refractivity contribution in [2.75, 3.05) is 0 Å². The van der Waals surface area contributed by atoms with E-state index in [0.29, 0.717) is 5.92 Å². The predicted octanol–water partition coefficient (Wildman–Crippen LogP) is 3.57. The van der Waals surface area contributed by atoms with Crippen LogP contribution < -0.4 is 0 Å². The van der Waals surface area contributed by atoms with Crippen molar-refractivity contribution in [3.8, 4) is 0 Å². The van der Waals surface area contributed by atoms with Gasteiger partial charge in [0.05, 0.1) is 0 Å². The molecule has 12 heavy (non-hydrogen) atoms. The highest BCUT2D eigenvalue weighted by molar-refractivity contribution is 5.20. The summed E-state index contributed by atoms with van der Waals surface area (Å²) in [4.78, 5) is 0. The fourth-order valence-electron chi connectivity index (χ4n) is 1.16. The Bertz CT molecular complexity index is 233. The summed E-state index contributed by atoms with van der Waals surface area (Å²) in [6.07, 6.45) is 5.26. The summed E-state index contributed by atoms with van der Waals surface area (Å²) in [6.45, 7) is 6.13. The first kappa shape index (κ1) is 9.05. The molecule has 0 saturated carbocycles. The summed E-state index contributed by atoms with van der Waals surface area (Å²) in [6, 6.07) is 10.4. The summed E-state index contributed by atoms with van der Waals surface area (Å²) < 4.78 is 0. The fourth-order valence-corrected chi connectivity index (χ4v) is 1.16. The maximum atomic E-state index is 4.09. The number of rotatable bonds is 3. The lowest BCUT2D eigenvalue weighted by atomic mass is 9.98. The molecule has 0 heteroatoms. The van der Waals surface area contributed by atoms with Crippen molar-refractivity contribution in [1.29, 1.82) is 0 Å². The van der Waals surface area contributed by atoms with Gasteiger partial charge in [0.1, 0.15) is 0 Å². The van der Waals surface area contributed by atoms with Crippen molar-refractivity contribution in [1.82, 2.24) is 0 Å². The molecule has 0 heterocycles. The minimum atomic E-state index is 0.391. The van der Waals surface area contributed by atoms with Crippen molar-refractivity contribution < 1.29 is 0 Å². The van der Waals surface area contributed by atoms with E-state index in [0.717, 1.165) is 6.42 Å². The number of allylic oxidation sites excluding steroid dienone is 2. The Morgan fingerprint density at radius 1 is 1.33 bits per heavy atom. The molecule has 0 N–H and O–H groups in total. The zero-order chi connectivity index (χ0) is 8.81. The molecule has 1 atom stereocenters. The minimum absolute atomic E-state index is 0.391. The zero-order valence-electron chi connectivity index (χ0n) is 7.53. The summed E-state index contributed by atoms with van der Waals surface area (Å²) in [5, 5.41) is 0. The summed E-state index contributed by atoms with van der Waals surface area (Å²) in [5.41, 5.74) is 1.32. The first-order valence-corrected chi connectivity index (χ1v) is 4.33. The summed E-state index contributed by atoms with van der Waals surface area (Å²) in [5.74, 6) is 0.391. The maximum absolute atomic E-state index is 4.09. The molecule has 1 aromatic rings. The van der Waals surface area contributed by atoms with E-state index in [4.69, 9.17) is 0 Å². The monoisotopic (exact) mass is 159 g/mol. The molecule has 63 valence electrons. The van der Waals surface area contributed by atoms with Gasteiger partial charge in [-0.2, -0.15) is 0 Å². The molecule has 1 unspecified atom stereocenters. The molecule has 0 saturated heterocycles. The van der Waals surface area contributed by atoms with Crippen LogP contribution in [0.3, 0.4) is 0 Å². The standard InChI is InChI=1S/C12H15/c1-3-4-8-11(2)12-9-6-5-7-10-12/h3-7,9-11H,2,8H2,1H3/b4-3+. The third-order valence-corrected chi connectivity index (χ3v) is 1.93. The van der Waals surface area contributed by atoms with Gasteiger partial charge in [-0.1, -0.05) is 42.5 Å². The lowest BCUT2D eigenvalue weighted by molar-refractivity contribution is 0.859. The van der Waals surface area contributed by atoms with Gasteiger partial charge in [0, 0.05) is 0 Å². The molecule has 1 radical (unpaired) electrons. The van der Waals surface area contributed by atoms with Crippen molar-refractivity contribution in [3.63, 3.8) is 0 Å². The Balaban J connectivity index is 2.59. The van der Waals surface area contributed by atoms with Crippen LogP contribution in [0.5, 0.6) is 0 Å². The van der Waals surface area contributed by atoms with Gasteiger partial charge in [-0.15, -0.1) is 0 Å². The van der Waals surface area contributed by atoms with Gasteiger partial charge in [0.15, 0.2) is 0 Å². The van der Waals surface area contributed by atoms with Gasteiger partial charge in [-0.05, 0) is 31.7 Å². The van der Waals surface area contributed by atoms with E-state index in [9.17, 15) is 0 Å². The van der Waals surface area contributed by atoms with E-state index < -0.39 is 0 Å². The van der Waals surface area contributed by atoms with Crippen LogP contribution in [0.1, 0.15) is 24.8 Å². The van der Waals surface area contributed by atoms with Crippen LogP contribution in [0.15, 0.2) is 42.5 Å². The van der Waals surface area contributed by atoms with Crippen LogP contribution in [0.2, 0.25) is 0 Å². The maximum Gasteiger partial charge on any atom is -0.0127 e. The van der Waals surface area contributed by atoms with E-state index in [1.165, 1.54) is 5.56 Å². The molecule has 1 rings (SSSR count). The van der Waals surface area contributed by atoms with E-state index in [-0.39, 0.29) is 0 Å². The highest BCUT2D eigenvalue weighted by Crippen LogP contribution is 2.17. The van der Waals surface area contributed by atoms with Gasteiger partial charge >= 0.3 is 0 Å². The van der Waals surface area contributed by atoms with Crippen molar-refractivity contribution >= 4 is 0 Å². The third-order valence-electron chi connectivity index (χ3n) is 1.93. The molecule has 0 aliphatic rings. The second-order valence-corrected chi connectivity index (χ2v) is 2.91. The Kier molecular flexibility index (Phi) is 3.59. The van der Waals surface area contributed by atoms with E-state index >= 15 is 0 Å². The first-order chi connectivity index (χ1) is 5.84. The molecular formula is C12H15. The molecule has 0 aliphatic carbocycles. The van der Waals surface area contributed by atoms with Crippen molar-refractivity contribution in [3.05, 3.63) is 55.0 Å². The quantitative estimate of drug-likeness (QED) is 0.591. The molecule has 0 spiro atoms. The minimum Gasteiger partial charge on any atom is -0.0916 e. The van der Waals surface area contributed by atoms with Gasteiger partial charge in [-0.3, -0.25) is 0 Å². The SMILES string of the molecule is [CH2]C(C/C=C/C)c1ccccc1. The lowest BCUT2D eigenvalue weighted by Crippen LogP contribution is -1.90. The average Bonchev–Trinajstić information content (AvgIpc) is 2.15. The predicted molar refractivity (Wildman–Crippen MR) is 54.0 cm³/mol. The summed E-state index contributed by atoms with van der Waals surface area (Å²) >= 11 is 0. The van der Waals surface area contributed by atoms with E-state index in [2.05, 4.69) is 43.3 Å². The van der Waals surface area contributed by atoms with Crippen molar-refractivity contribution in [2.45, 2.75) is 19.3 Å². The van der Waals surface area contributed by atoms with Gasteiger partial charge in [0.25, 0.3) is 0 Å². The number of benzene rings is 1. The zero-order valence-corrected chi connectivity index (χ0v) is 7.53. The lowest BCUT2D eigenvalue weighted by Gasteiger charge is -2.07. The highest BCUT2D eigenvalue weighted by Gasteiger charge is 2.00. The first-order valence-electron chi connectivity index (χ1n) is 4.33. The van der Waals surface area contributed by atoms with Crippen LogP contribution in [-0.2, 0) is 0 Å². The van der Waals surface area contributed by atoms with Crippen LogP contribution in [0.4, 0.5) is 0 Å². The highest BCUT2D eigenvalue weighted by atomic mass is 14.1. The Morgan fingerprint density at radius 2 is 2.00 bits per heavy atom. The van der Waals surface area contributed by atoms with Crippen LogP contribution in [0, 0.1) is 6.92 Å². The van der Waals surface area contributed by atoms with Gasteiger partial charge in [-0.25, -0.2) is 0 Å². The molecule has 0 amide bonds. The smallest absolute Gasteiger partial charge is 0.0127 e. The number of hydrogen-bond donors (Lipinski definition) is 0. The summed E-state index contributed by atoms with van der Waals surface area (Å²) in [7, 11) is 0. The Morgan fingerprint density at radius 3 is 2.58 bits per heavy atom. The average molecular weight is 159 g/mol. The van der Waals surface area contributed by atoms with Crippen molar-refractivity contribution in [2.24, 2.45) is 0 Å². The third kappa shape index (κ3) is 2.54. The van der Waals surface area contributed by atoms with E-state index in [1.54, 1.807) is 0 Å². The fraction of sp³-hybridized carbons (Fsp3) is 0.250. The van der Waals surface area contributed by atoms with Gasteiger partial charge in [0.2, 0.25) is 0 Å². The van der Waals surface area contributed by atoms with E-state index in [1.807, 2.05) is 13.0 Å². The largest absolute Gasteiger partial charge is 0.0916 e. The molecule has 1 aromatic carbocycles. The molecule has 0 fully saturated rings. The molecule has 0 aromatic heterocycles. The molecule has 0 aliphatic heterocycles.